The van der Waals surface area contributed by atoms with Crippen LogP contribution < -0.4 is 4.74 Å². The van der Waals surface area contributed by atoms with Crippen molar-refractivity contribution < 1.29 is 14.6 Å². The van der Waals surface area contributed by atoms with Gasteiger partial charge in [0, 0.05) is 0 Å². The van der Waals surface area contributed by atoms with Crippen molar-refractivity contribution in [3.63, 3.8) is 0 Å². The molecule has 0 bridgehead atoms. The molecule has 2 atom stereocenters. The Morgan fingerprint density at radius 2 is 1.53 bits per heavy atom. The van der Waals surface area contributed by atoms with Gasteiger partial charge in [0.05, 0.1) is 12.0 Å². The summed E-state index contributed by atoms with van der Waals surface area (Å²) in [6.07, 6.45) is -0.864. The summed E-state index contributed by atoms with van der Waals surface area (Å²) in [6.45, 7) is 1.66. The quantitative estimate of drug-likeness (QED) is 0.675. The minimum Gasteiger partial charge on any atom is -0.426 e. The Labute approximate surface area is 112 Å². The molecule has 0 fully saturated rings. The van der Waals surface area contributed by atoms with Gasteiger partial charge in [-0.25, -0.2) is 0 Å². The molecule has 0 saturated carbocycles. The lowest BCUT2D eigenvalue weighted by atomic mass is 9.98. The summed E-state index contributed by atoms with van der Waals surface area (Å²) < 4.78 is 5.22. The molecule has 2 aromatic rings. The summed E-state index contributed by atoms with van der Waals surface area (Å²) in [5, 5.41) is 10.1. The summed E-state index contributed by atoms with van der Waals surface area (Å²) in [4.78, 5) is 11.9. The summed E-state index contributed by atoms with van der Waals surface area (Å²) >= 11 is 0. The maximum atomic E-state index is 11.9. The smallest absolute Gasteiger partial charge is 0.317 e. The van der Waals surface area contributed by atoms with Crippen LogP contribution in [0.5, 0.6) is 5.75 Å². The number of rotatable bonds is 4. The second-order valence-electron chi connectivity index (χ2n) is 4.38. The van der Waals surface area contributed by atoms with Gasteiger partial charge in [0.25, 0.3) is 0 Å². The average molecular weight is 256 g/mol. The summed E-state index contributed by atoms with van der Waals surface area (Å²) in [7, 11) is 0. The average Bonchev–Trinajstić information content (AvgIpc) is 2.47. The molecule has 0 saturated heterocycles. The van der Waals surface area contributed by atoms with E-state index in [9.17, 15) is 9.90 Å². The molecule has 0 radical (unpaired) electrons. The lowest BCUT2D eigenvalue weighted by Crippen LogP contribution is -2.24. The van der Waals surface area contributed by atoms with E-state index in [2.05, 4.69) is 0 Å². The predicted molar refractivity (Wildman–Crippen MR) is 72.6 cm³/mol. The normalized spacial score (nSPS) is 13.6. The second-order valence-corrected chi connectivity index (χ2v) is 4.38. The van der Waals surface area contributed by atoms with E-state index in [1.807, 2.05) is 24.3 Å². The van der Waals surface area contributed by atoms with Crippen LogP contribution in [-0.2, 0) is 4.79 Å². The standard InChI is InChI=1S/C16H16O3/c1-12(15(17)13-8-4-2-5-9-13)16(18)19-14-10-6-3-7-11-14/h2-12,15,17H,1H3/t12-,15+/m1/s1. The number of carbonyl (C=O) groups excluding carboxylic acids is 1. The number of hydrogen-bond donors (Lipinski definition) is 1. The van der Waals surface area contributed by atoms with E-state index in [0.717, 1.165) is 0 Å². The van der Waals surface area contributed by atoms with Crippen molar-refractivity contribution in [2.75, 3.05) is 0 Å². The molecule has 0 aliphatic carbocycles. The molecule has 2 aromatic carbocycles. The van der Waals surface area contributed by atoms with Gasteiger partial charge in [0.15, 0.2) is 0 Å². The minimum absolute atomic E-state index is 0.442. The van der Waals surface area contributed by atoms with Crippen LogP contribution >= 0.6 is 0 Å². The minimum atomic E-state index is -0.864. The number of esters is 1. The van der Waals surface area contributed by atoms with Crippen LogP contribution in [0.1, 0.15) is 18.6 Å². The fraction of sp³-hybridized carbons (Fsp3) is 0.188. The summed E-state index contributed by atoms with van der Waals surface area (Å²) in [5.41, 5.74) is 0.708. The van der Waals surface area contributed by atoms with Crippen molar-refractivity contribution in [1.29, 1.82) is 0 Å². The zero-order valence-electron chi connectivity index (χ0n) is 10.7. The molecular weight excluding hydrogens is 240 g/mol. The molecular formula is C16H16O3. The zero-order valence-corrected chi connectivity index (χ0v) is 10.7. The predicted octanol–water partition coefficient (Wildman–Crippen LogP) is 2.96. The van der Waals surface area contributed by atoms with Crippen LogP contribution in [-0.4, -0.2) is 11.1 Å². The van der Waals surface area contributed by atoms with Crippen LogP contribution in [0.3, 0.4) is 0 Å². The van der Waals surface area contributed by atoms with Crippen molar-refractivity contribution in [1.82, 2.24) is 0 Å². The van der Waals surface area contributed by atoms with Crippen molar-refractivity contribution in [2.45, 2.75) is 13.0 Å². The van der Waals surface area contributed by atoms with Gasteiger partial charge in [0.2, 0.25) is 0 Å². The zero-order chi connectivity index (χ0) is 13.7. The molecule has 3 nitrogen and oxygen atoms in total. The molecule has 0 aliphatic rings. The Morgan fingerprint density at radius 3 is 2.11 bits per heavy atom. The van der Waals surface area contributed by atoms with E-state index < -0.39 is 18.0 Å². The van der Waals surface area contributed by atoms with Gasteiger partial charge in [-0.05, 0) is 24.6 Å². The molecule has 1 N–H and O–H groups in total. The highest BCUT2D eigenvalue weighted by molar-refractivity contribution is 5.75. The van der Waals surface area contributed by atoms with E-state index in [1.165, 1.54) is 0 Å². The Hall–Kier alpha value is -2.13. The third-order valence-corrected chi connectivity index (χ3v) is 2.95. The highest BCUT2D eigenvalue weighted by Gasteiger charge is 2.25. The molecule has 19 heavy (non-hydrogen) atoms. The van der Waals surface area contributed by atoms with E-state index >= 15 is 0 Å². The molecule has 0 unspecified atom stereocenters. The van der Waals surface area contributed by atoms with Gasteiger partial charge >= 0.3 is 5.97 Å². The molecule has 0 aromatic heterocycles. The molecule has 0 heterocycles. The third-order valence-electron chi connectivity index (χ3n) is 2.95. The number of carbonyl (C=O) groups is 1. The van der Waals surface area contributed by atoms with Gasteiger partial charge in [0.1, 0.15) is 5.75 Å². The Balaban J connectivity index is 2.03. The molecule has 0 spiro atoms. The van der Waals surface area contributed by atoms with Gasteiger partial charge < -0.3 is 9.84 Å². The van der Waals surface area contributed by atoms with E-state index in [4.69, 9.17) is 4.74 Å². The van der Waals surface area contributed by atoms with Gasteiger partial charge in [-0.15, -0.1) is 0 Å². The van der Waals surface area contributed by atoms with Gasteiger partial charge in [-0.3, -0.25) is 4.79 Å². The Bertz CT molecular complexity index is 522. The largest absolute Gasteiger partial charge is 0.426 e. The first kappa shape index (κ1) is 13.3. The van der Waals surface area contributed by atoms with Crippen molar-refractivity contribution in [3.05, 3.63) is 66.2 Å². The topological polar surface area (TPSA) is 46.5 Å². The lowest BCUT2D eigenvalue weighted by molar-refractivity contribution is -0.142. The molecule has 98 valence electrons. The first-order valence-electron chi connectivity index (χ1n) is 6.18. The highest BCUT2D eigenvalue weighted by atomic mass is 16.5. The van der Waals surface area contributed by atoms with Crippen molar-refractivity contribution in [3.8, 4) is 5.75 Å². The molecule has 2 rings (SSSR count). The van der Waals surface area contributed by atoms with Crippen molar-refractivity contribution in [2.24, 2.45) is 5.92 Å². The number of aliphatic hydroxyl groups excluding tert-OH is 1. The first-order chi connectivity index (χ1) is 9.18. The van der Waals surface area contributed by atoms with Gasteiger partial charge in [-0.1, -0.05) is 48.5 Å². The fourth-order valence-corrected chi connectivity index (χ4v) is 1.77. The Morgan fingerprint density at radius 1 is 1.00 bits per heavy atom. The number of hydrogen-bond acceptors (Lipinski definition) is 3. The number of benzene rings is 2. The van der Waals surface area contributed by atoms with E-state index in [1.54, 1.807) is 43.3 Å². The summed E-state index contributed by atoms with van der Waals surface area (Å²) in [5.74, 6) is -0.579. The number of ether oxygens (including phenoxy) is 1. The number of aliphatic hydroxyl groups is 1. The van der Waals surface area contributed by atoms with Crippen LogP contribution in [0, 0.1) is 5.92 Å². The maximum Gasteiger partial charge on any atom is 0.317 e. The Kier molecular flexibility index (Phi) is 4.31. The van der Waals surface area contributed by atoms with Crippen molar-refractivity contribution >= 4 is 5.97 Å². The van der Waals surface area contributed by atoms with Gasteiger partial charge in [-0.2, -0.15) is 0 Å². The SMILES string of the molecule is C[C@@H](C(=O)Oc1ccccc1)[C@H](O)c1ccccc1. The monoisotopic (exact) mass is 256 g/mol. The highest BCUT2D eigenvalue weighted by Crippen LogP contribution is 2.23. The van der Waals surface area contributed by atoms with E-state index in [0.29, 0.717) is 11.3 Å². The van der Waals surface area contributed by atoms with Crippen LogP contribution in [0.15, 0.2) is 60.7 Å². The third kappa shape index (κ3) is 3.42. The molecule has 3 heteroatoms. The molecule has 0 aliphatic heterocycles. The maximum absolute atomic E-state index is 11.9. The molecule has 0 amide bonds. The fourth-order valence-electron chi connectivity index (χ4n) is 1.77. The summed E-state index contributed by atoms with van der Waals surface area (Å²) in [6, 6.07) is 17.9. The lowest BCUT2D eigenvalue weighted by Gasteiger charge is -2.17. The van der Waals surface area contributed by atoms with Crippen LogP contribution in [0.4, 0.5) is 0 Å². The second kappa shape index (κ2) is 6.16. The van der Waals surface area contributed by atoms with Crippen LogP contribution in [0.25, 0.3) is 0 Å². The van der Waals surface area contributed by atoms with Crippen LogP contribution in [0.2, 0.25) is 0 Å². The number of para-hydroxylation sites is 1. The first-order valence-corrected chi connectivity index (χ1v) is 6.18. The van der Waals surface area contributed by atoms with E-state index in [-0.39, 0.29) is 0 Å².